The predicted octanol–water partition coefficient (Wildman–Crippen LogP) is 6.89. The number of benzene rings is 3. The molecule has 0 spiro atoms. The van der Waals surface area contributed by atoms with E-state index in [2.05, 4.69) is 5.32 Å². The van der Waals surface area contributed by atoms with Gasteiger partial charge in [0, 0.05) is 27.9 Å². The van der Waals surface area contributed by atoms with Crippen molar-refractivity contribution in [3.05, 3.63) is 98.7 Å². The number of carboxylic acids is 1. The van der Waals surface area contributed by atoms with Crippen molar-refractivity contribution in [2.45, 2.75) is 33.2 Å². The van der Waals surface area contributed by atoms with Crippen LogP contribution >= 0.6 is 0 Å². The highest BCUT2D eigenvalue weighted by atomic mass is 19.3. The zero-order chi connectivity index (χ0) is 24.6. The second kappa shape index (κ2) is 9.09. The minimum absolute atomic E-state index is 0.119. The first-order valence-corrected chi connectivity index (χ1v) is 10.7. The molecule has 0 fully saturated rings. The first-order chi connectivity index (χ1) is 16.2. The van der Waals surface area contributed by atoms with E-state index in [-0.39, 0.29) is 22.3 Å². The van der Waals surface area contributed by atoms with Crippen LogP contribution in [-0.4, -0.2) is 11.1 Å². The number of para-hydroxylation sites is 1. The van der Waals surface area contributed by atoms with Crippen LogP contribution in [0.5, 0.6) is 0 Å². The third kappa shape index (κ3) is 4.29. The Bertz CT molecular complexity index is 1460. The zero-order valence-corrected chi connectivity index (χ0v) is 18.9. The first kappa shape index (κ1) is 23.2. The Hall–Kier alpha value is -4.00. The smallest absolute Gasteiger partial charge is 0.337 e. The Labute approximate surface area is 194 Å². The summed E-state index contributed by atoms with van der Waals surface area (Å²) >= 11 is 0. The second-order valence-electron chi connectivity index (χ2n) is 8.26. The van der Waals surface area contributed by atoms with Gasteiger partial charge in [0.25, 0.3) is 6.43 Å². The summed E-state index contributed by atoms with van der Waals surface area (Å²) < 4.78 is 32.7. The lowest BCUT2D eigenvalue weighted by atomic mass is 9.98. The van der Waals surface area contributed by atoms with Crippen LogP contribution in [-0.2, 0) is 0 Å². The Morgan fingerprint density at radius 1 is 1.03 bits per heavy atom. The number of nitrogens with one attached hydrogen (secondary N) is 1. The predicted molar refractivity (Wildman–Crippen MR) is 128 cm³/mol. The van der Waals surface area contributed by atoms with Gasteiger partial charge in [0.2, 0.25) is 0 Å². The van der Waals surface area contributed by atoms with Crippen LogP contribution in [0.25, 0.3) is 22.3 Å². The molecule has 0 aliphatic carbocycles. The molecule has 1 heterocycles. The van der Waals surface area contributed by atoms with Gasteiger partial charge < -0.3 is 14.8 Å². The summed E-state index contributed by atoms with van der Waals surface area (Å²) in [4.78, 5) is 24.9. The van der Waals surface area contributed by atoms with Crippen molar-refractivity contribution >= 4 is 22.6 Å². The quantitative estimate of drug-likeness (QED) is 0.326. The largest absolute Gasteiger partial charge is 0.478 e. The van der Waals surface area contributed by atoms with E-state index in [0.717, 1.165) is 5.56 Å². The molecule has 4 aromatic rings. The van der Waals surface area contributed by atoms with Crippen LogP contribution in [0.1, 0.15) is 52.0 Å². The highest BCUT2D eigenvalue weighted by Gasteiger charge is 2.21. The molecule has 7 heteroatoms. The van der Waals surface area contributed by atoms with Crippen LogP contribution in [0.15, 0.2) is 69.9 Å². The lowest BCUT2D eigenvalue weighted by molar-refractivity contribution is 0.0698. The summed E-state index contributed by atoms with van der Waals surface area (Å²) in [6.45, 7) is 5.31. The van der Waals surface area contributed by atoms with Gasteiger partial charge in [0.15, 0.2) is 5.43 Å². The van der Waals surface area contributed by atoms with E-state index in [9.17, 15) is 23.5 Å². The molecule has 0 aliphatic heterocycles. The van der Waals surface area contributed by atoms with Crippen LogP contribution < -0.4 is 10.7 Å². The van der Waals surface area contributed by atoms with Crippen molar-refractivity contribution in [2.75, 3.05) is 5.32 Å². The summed E-state index contributed by atoms with van der Waals surface area (Å²) in [5.41, 5.74) is 2.66. The van der Waals surface area contributed by atoms with Gasteiger partial charge in [-0.15, -0.1) is 0 Å². The second-order valence-corrected chi connectivity index (χ2v) is 8.26. The standard InChI is InChI=1S/C27H23F2NO4/c1-14-11-20(16(3)30-22-10-5-4-9-19(22)27(32)33)25-21(12-14)23(31)15(2)24(34-25)17-7-6-8-18(13-17)26(28)29/h4-13,16,26,30H,1-3H3,(H,32,33). The molecule has 174 valence electrons. The number of anilines is 1. The summed E-state index contributed by atoms with van der Waals surface area (Å²) in [7, 11) is 0. The Morgan fingerprint density at radius 3 is 2.47 bits per heavy atom. The summed E-state index contributed by atoms with van der Waals surface area (Å²) in [5, 5.41) is 13.1. The molecule has 1 unspecified atom stereocenters. The molecular formula is C27H23F2NO4. The van der Waals surface area contributed by atoms with Gasteiger partial charge in [-0.1, -0.05) is 36.4 Å². The van der Waals surface area contributed by atoms with Gasteiger partial charge >= 0.3 is 5.97 Å². The van der Waals surface area contributed by atoms with E-state index in [1.54, 1.807) is 37.3 Å². The summed E-state index contributed by atoms with van der Waals surface area (Å²) in [6, 6.07) is 15.5. The molecule has 0 radical (unpaired) electrons. The maximum Gasteiger partial charge on any atom is 0.337 e. The molecule has 1 atom stereocenters. The molecule has 1 aromatic heterocycles. The number of alkyl halides is 2. The Morgan fingerprint density at radius 2 is 1.76 bits per heavy atom. The molecular weight excluding hydrogens is 440 g/mol. The normalized spacial score (nSPS) is 12.2. The molecule has 0 bridgehead atoms. The van der Waals surface area contributed by atoms with E-state index in [1.807, 2.05) is 19.9 Å². The fraction of sp³-hybridized carbons (Fsp3) is 0.185. The van der Waals surface area contributed by atoms with Crippen LogP contribution in [0.4, 0.5) is 14.5 Å². The molecule has 0 aliphatic rings. The fourth-order valence-electron chi connectivity index (χ4n) is 4.09. The summed E-state index contributed by atoms with van der Waals surface area (Å²) in [6.07, 6.45) is -2.65. The minimum atomic E-state index is -2.65. The van der Waals surface area contributed by atoms with Crippen molar-refractivity contribution in [1.29, 1.82) is 0 Å². The van der Waals surface area contributed by atoms with Gasteiger partial charge in [-0.3, -0.25) is 4.79 Å². The number of aromatic carboxylic acids is 1. The number of hydrogen-bond donors (Lipinski definition) is 2. The van der Waals surface area contributed by atoms with Crippen molar-refractivity contribution in [1.82, 2.24) is 0 Å². The third-order valence-electron chi connectivity index (χ3n) is 5.79. The van der Waals surface area contributed by atoms with Gasteiger partial charge in [-0.25, -0.2) is 13.6 Å². The third-order valence-corrected chi connectivity index (χ3v) is 5.79. The SMILES string of the molecule is Cc1cc(C(C)Nc2ccccc2C(=O)O)c2oc(-c3cccc(C(F)F)c3)c(C)c(=O)c2c1. The number of fused-ring (bicyclic) bond motifs is 1. The molecule has 2 N–H and O–H groups in total. The molecule has 3 aromatic carbocycles. The molecule has 4 rings (SSSR count). The lowest BCUT2D eigenvalue weighted by Crippen LogP contribution is -2.14. The van der Waals surface area contributed by atoms with Crippen molar-refractivity contribution < 1.29 is 23.1 Å². The number of rotatable bonds is 6. The van der Waals surface area contributed by atoms with Gasteiger partial charge in [-0.2, -0.15) is 0 Å². The van der Waals surface area contributed by atoms with Crippen LogP contribution in [0.3, 0.4) is 0 Å². The number of carboxylic acid groups (broad SMARTS) is 1. The summed E-state index contributed by atoms with van der Waals surface area (Å²) in [5.74, 6) is -0.837. The van der Waals surface area contributed by atoms with E-state index in [0.29, 0.717) is 33.3 Å². The maximum absolute atomic E-state index is 13.3. The number of carbonyl (C=O) groups is 1. The number of halogens is 2. The fourth-order valence-corrected chi connectivity index (χ4v) is 4.09. The molecule has 34 heavy (non-hydrogen) atoms. The van der Waals surface area contributed by atoms with Crippen molar-refractivity contribution in [2.24, 2.45) is 0 Å². The van der Waals surface area contributed by atoms with Gasteiger partial charge in [-0.05, 0) is 50.6 Å². The van der Waals surface area contributed by atoms with Gasteiger partial charge in [0.1, 0.15) is 11.3 Å². The highest BCUT2D eigenvalue weighted by Crippen LogP contribution is 2.33. The molecule has 0 amide bonds. The Kier molecular flexibility index (Phi) is 6.20. The average Bonchev–Trinajstić information content (AvgIpc) is 2.81. The zero-order valence-electron chi connectivity index (χ0n) is 18.9. The molecule has 0 saturated heterocycles. The van der Waals surface area contributed by atoms with E-state index < -0.39 is 18.4 Å². The van der Waals surface area contributed by atoms with Crippen LogP contribution in [0.2, 0.25) is 0 Å². The highest BCUT2D eigenvalue weighted by molar-refractivity contribution is 5.94. The van der Waals surface area contributed by atoms with E-state index in [1.165, 1.54) is 24.3 Å². The van der Waals surface area contributed by atoms with E-state index >= 15 is 0 Å². The Balaban J connectivity index is 1.89. The average molecular weight is 463 g/mol. The van der Waals surface area contributed by atoms with Crippen molar-refractivity contribution in [3.8, 4) is 11.3 Å². The topological polar surface area (TPSA) is 79.5 Å². The van der Waals surface area contributed by atoms with Gasteiger partial charge in [0.05, 0.1) is 17.0 Å². The lowest BCUT2D eigenvalue weighted by Gasteiger charge is -2.20. The molecule has 5 nitrogen and oxygen atoms in total. The van der Waals surface area contributed by atoms with E-state index in [4.69, 9.17) is 4.42 Å². The van der Waals surface area contributed by atoms with Crippen molar-refractivity contribution in [3.63, 3.8) is 0 Å². The van der Waals surface area contributed by atoms with Crippen LogP contribution in [0, 0.1) is 13.8 Å². The minimum Gasteiger partial charge on any atom is -0.478 e. The maximum atomic E-state index is 13.3. The number of hydrogen-bond acceptors (Lipinski definition) is 4. The molecule has 0 saturated carbocycles. The monoisotopic (exact) mass is 463 g/mol. The number of aryl methyl sites for hydroxylation is 1. The first-order valence-electron chi connectivity index (χ1n) is 10.7.